The molecule has 3 rings (SSSR count). The SMILES string of the molecule is CCc1nnsc1C(=O)N(C)CCc1nc2c(C)cccc2[nH]1. The van der Waals surface area contributed by atoms with E-state index in [-0.39, 0.29) is 5.91 Å². The number of fused-ring (bicyclic) bond motifs is 1. The number of likely N-dealkylation sites (N-methyl/N-ethyl adjacent to an activating group) is 1. The molecule has 0 aliphatic carbocycles. The number of carbonyl (C=O) groups is 1. The van der Waals surface area contributed by atoms with Gasteiger partial charge in [-0.25, -0.2) is 4.98 Å². The van der Waals surface area contributed by atoms with Gasteiger partial charge in [0, 0.05) is 20.0 Å². The molecule has 1 amide bonds. The Labute approximate surface area is 138 Å². The lowest BCUT2D eigenvalue weighted by molar-refractivity contribution is 0.0799. The van der Waals surface area contributed by atoms with E-state index in [1.165, 1.54) is 0 Å². The van der Waals surface area contributed by atoms with E-state index in [1.807, 2.05) is 32.0 Å². The molecule has 23 heavy (non-hydrogen) atoms. The van der Waals surface area contributed by atoms with E-state index in [2.05, 4.69) is 19.6 Å². The zero-order valence-corrected chi connectivity index (χ0v) is 14.3. The standard InChI is InChI=1S/C16H19N5OS/c1-4-11-15(23-20-19-11)16(22)21(3)9-8-13-17-12-7-5-6-10(2)14(12)18-13/h5-7H,4,8-9H2,1-3H3,(H,17,18). The molecule has 0 radical (unpaired) electrons. The Morgan fingerprint density at radius 1 is 1.39 bits per heavy atom. The maximum atomic E-state index is 12.5. The number of aromatic amines is 1. The number of imidazole rings is 1. The smallest absolute Gasteiger partial charge is 0.267 e. The minimum Gasteiger partial charge on any atom is -0.342 e. The number of para-hydroxylation sites is 1. The van der Waals surface area contributed by atoms with E-state index in [0.29, 0.717) is 24.3 Å². The highest BCUT2D eigenvalue weighted by atomic mass is 32.1. The van der Waals surface area contributed by atoms with Gasteiger partial charge in [0.1, 0.15) is 10.7 Å². The first kappa shape index (κ1) is 15.6. The molecule has 6 nitrogen and oxygen atoms in total. The van der Waals surface area contributed by atoms with Gasteiger partial charge in [-0.05, 0) is 36.5 Å². The van der Waals surface area contributed by atoms with Crippen molar-refractivity contribution in [2.24, 2.45) is 0 Å². The molecule has 120 valence electrons. The van der Waals surface area contributed by atoms with Crippen LogP contribution in [0, 0.1) is 6.92 Å². The van der Waals surface area contributed by atoms with Crippen molar-refractivity contribution in [2.75, 3.05) is 13.6 Å². The summed E-state index contributed by atoms with van der Waals surface area (Å²) in [6, 6.07) is 6.08. The third-order valence-electron chi connectivity index (χ3n) is 3.88. The molecule has 0 saturated carbocycles. The van der Waals surface area contributed by atoms with Crippen molar-refractivity contribution in [1.82, 2.24) is 24.5 Å². The van der Waals surface area contributed by atoms with Crippen molar-refractivity contribution in [3.63, 3.8) is 0 Å². The zero-order chi connectivity index (χ0) is 16.4. The highest BCUT2D eigenvalue weighted by Gasteiger charge is 2.19. The van der Waals surface area contributed by atoms with Gasteiger partial charge >= 0.3 is 0 Å². The Hall–Kier alpha value is -2.28. The predicted octanol–water partition coefficient (Wildman–Crippen LogP) is 2.60. The van der Waals surface area contributed by atoms with Crippen LogP contribution in [-0.2, 0) is 12.8 Å². The van der Waals surface area contributed by atoms with Gasteiger partial charge in [0.25, 0.3) is 5.91 Å². The molecule has 0 fully saturated rings. The van der Waals surface area contributed by atoms with Crippen molar-refractivity contribution >= 4 is 28.5 Å². The van der Waals surface area contributed by atoms with Gasteiger partial charge in [0.05, 0.1) is 16.7 Å². The van der Waals surface area contributed by atoms with Crippen molar-refractivity contribution in [3.8, 4) is 0 Å². The van der Waals surface area contributed by atoms with Crippen LogP contribution in [0.3, 0.4) is 0 Å². The zero-order valence-electron chi connectivity index (χ0n) is 13.5. The van der Waals surface area contributed by atoms with Gasteiger partial charge in [0.2, 0.25) is 0 Å². The number of carbonyl (C=O) groups excluding carboxylic acids is 1. The highest BCUT2D eigenvalue weighted by molar-refractivity contribution is 7.07. The molecule has 0 bridgehead atoms. The van der Waals surface area contributed by atoms with Crippen LogP contribution < -0.4 is 0 Å². The number of nitrogens with one attached hydrogen (secondary N) is 1. The van der Waals surface area contributed by atoms with Gasteiger partial charge in [-0.15, -0.1) is 5.10 Å². The molecule has 3 aromatic rings. The number of H-pyrrole nitrogens is 1. The first-order chi connectivity index (χ1) is 11.1. The molecule has 0 aliphatic rings. The van der Waals surface area contributed by atoms with E-state index in [1.54, 1.807) is 11.9 Å². The van der Waals surface area contributed by atoms with Crippen molar-refractivity contribution in [3.05, 3.63) is 40.2 Å². The molecule has 2 aromatic heterocycles. The summed E-state index contributed by atoms with van der Waals surface area (Å²) in [6.07, 6.45) is 1.40. The predicted molar refractivity (Wildman–Crippen MR) is 90.8 cm³/mol. The molecule has 0 aliphatic heterocycles. The number of rotatable bonds is 5. The molecule has 2 heterocycles. The van der Waals surface area contributed by atoms with Crippen LogP contribution in [0.1, 0.15) is 33.7 Å². The fourth-order valence-electron chi connectivity index (χ4n) is 2.50. The van der Waals surface area contributed by atoms with Crippen LogP contribution in [-0.4, -0.2) is 44.0 Å². The van der Waals surface area contributed by atoms with E-state index in [9.17, 15) is 4.79 Å². The number of aryl methyl sites for hydroxylation is 2. The average molecular weight is 329 g/mol. The number of amides is 1. The first-order valence-electron chi connectivity index (χ1n) is 7.61. The van der Waals surface area contributed by atoms with Gasteiger partial charge in [-0.3, -0.25) is 4.79 Å². The summed E-state index contributed by atoms with van der Waals surface area (Å²) in [5.74, 6) is 0.872. The van der Waals surface area contributed by atoms with E-state index in [4.69, 9.17) is 0 Å². The maximum absolute atomic E-state index is 12.5. The summed E-state index contributed by atoms with van der Waals surface area (Å²) < 4.78 is 3.88. The second kappa shape index (κ2) is 6.45. The van der Waals surface area contributed by atoms with Crippen LogP contribution in [0.4, 0.5) is 0 Å². The molecule has 7 heteroatoms. The Morgan fingerprint density at radius 2 is 2.22 bits per heavy atom. The fraction of sp³-hybridized carbons (Fsp3) is 0.375. The van der Waals surface area contributed by atoms with Gasteiger partial charge in [-0.1, -0.05) is 23.5 Å². The molecule has 1 N–H and O–H groups in total. The molecular formula is C16H19N5OS. The fourth-order valence-corrected chi connectivity index (χ4v) is 3.24. The van der Waals surface area contributed by atoms with Crippen LogP contribution in [0.5, 0.6) is 0 Å². The summed E-state index contributed by atoms with van der Waals surface area (Å²) in [5.41, 5.74) is 3.95. The van der Waals surface area contributed by atoms with E-state index < -0.39 is 0 Å². The summed E-state index contributed by atoms with van der Waals surface area (Å²) in [6.45, 7) is 4.62. The van der Waals surface area contributed by atoms with E-state index >= 15 is 0 Å². The van der Waals surface area contributed by atoms with Crippen molar-refractivity contribution in [1.29, 1.82) is 0 Å². The second-order valence-corrected chi connectivity index (χ2v) is 6.29. The van der Waals surface area contributed by atoms with Crippen LogP contribution in [0.25, 0.3) is 11.0 Å². The van der Waals surface area contributed by atoms with Gasteiger partial charge in [0.15, 0.2) is 0 Å². The number of hydrogen-bond acceptors (Lipinski definition) is 5. The summed E-state index contributed by atoms with van der Waals surface area (Å²) in [7, 11) is 1.80. The average Bonchev–Trinajstić information content (AvgIpc) is 3.18. The topological polar surface area (TPSA) is 74.8 Å². The second-order valence-electron chi connectivity index (χ2n) is 5.53. The molecule has 0 unspecified atom stereocenters. The summed E-state index contributed by atoms with van der Waals surface area (Å²) in [5, 5.41) is 4.00. The largest absolute Gasteiger partial charge is 0.342 e. The molecule has 1 aromatic carbocycles. The maximum Gasteiger partial charge on any atom is 0.267 e. The minimum absolute atomic E-state index is 0.0239. The minimum atomic E-state index is -0.0239. The van der Waals surface area contributed by atoms with Crippen molar-refractivity contribution in [2.45, 2.75) is 26.7 Å². The molecular weight excluding hydrogens is 310 g/mol. The Balaban J connectivity index is 1.69. The number of nitrogens with zero attached hydrogens (tertiary/aromatic N) is 4. The lowest BCUT2D eigenvalue weighted by Crippen LogP contribution is -2.29. The van der Waals surface area contributed by atoms with Gasteiger partial charge in [-0.2, -0.15) is 0 Å². The Kier molecular flexibility index (Phi) is 4.38. The quantitative estimate of drug-likeness (QED) is 0.781. The molecule has 0 spiro atoms. The van der Waals surface area contributed by atoms with Crippen LogP contribution >= 0.6 is 11.5 Å². The normalized spacial score (nSPS) is 11.1. The van der Waals surface area contributed by atoms with Crippen LogP contribution in [0.2, 0.25) is 0 Å². The molecule has 0 atom stereocenters. The Bertz CT molecular complexity index is 838. The number of hydrogen-bond donors (Lipinski definition) is 1. The third-order valence-corrected chi connectivity index (χ3v) is 4.64. The number of benzene rings is 1. The van der Waals surface area contributed by atoms with Gasteiger partial charge < -0.3 is 9.88 Å². The Morgan fingerprint density at radius 3 is 2.96 bits per heavy atom. The van der Waals surface area contributed by atoms with E-state index in [0.717, 1.165) is 39.6 Å². The number of aromatic nitrogens is 4. The lowest BCUT2D eigenvalue weighted by Gasteiger charge is -2.15. The first-order valence-corrected chi connectivity index (χ1v) is 8.38. The van der Waals surface area contributed by atoms with Crippen molar-refractivity contribution < 1.29 is 4.79 Å². The monoisotopic (exact) mass is 329 g/mol. The molecule has 0 saturated heterocycles. The summed E-state index contributed by atoms with van der Waals surface area (Å²) >= 11 is 1.16. The summed E-state index contributed by atoms with van der Waals surface area (Å²) in [4.78, 5) is 22.7. The lowest BCUT2D eigenvalue weighted by atomic mass is 10.2. The highest BCUT2D eigenvalue weighted by Crippen LogP contribution is 2.17. The third kappa shape index (κ3) is 3.10. The van der Waals surface area contributed by atoms with Crippen LogP contribution in [0.15, 0.2) is 18.2 Å².